The van der Waals surface area contributed by atoms with E-state index in [1.807, 2.05) is 0 Å². The van der Waals surface area contributed by atoms with Crippen LogP contribution in [-0.2, 0) is 6.54 Å². The molecule has 0 atom stereocenters. The summed E-state index contributed by atoms with van der Waals surface area (Å²) in [6.07, 6.45) is 1.83. The van der Waals surface area contributed by atoms with Gasteiger partial charge in [-0.25, -0.2) is 0 Å². The second kappa shape index (κ2) is 5.09. The summed E-state index contributed by atoms with van der Waals surface area (Å²) in [7, 11) is 0. The van der Waals surface area contributed by atoms with Crippen molar-refractivity contribution in [1.29, 1.82) is 0 Å². The zero-order chi connectivity index (χ0) is 12.4. The van der Waals surface area contributed by atoms with E-state index < -0.39 is 0 Å². The van der Waals surface area contributed by atoms with Crippen LogP contribution in [-0.4, -0.2) is 24.3 Å². The molecule has 2 heteroatoms. The minimum absolute atomic E-state index is 0.0645. The monoisotopic (exact) mass is 242 g/mol. The van der Waals surface area contributed by atoms with Crippen molar-refractivity contribution in [2.24, 2.45) is 0 Å². The smallest absolute Gasteiger partial charge is 0.103 e. The van der Waals surface area contributed by atoms with Crippen molar-refractivity contribution < 1.29 is 10.0 Å². The Bertz CT molecular complexity index is 529. The zero-order valence-electron chi connectivity index (χ0n) is 10.6. The van der Waals surface area contributed by atoms with E-state index in [-0.39, 0.29) is 6.10 Å². The van der Waals surface area contributed by atoms with Crippen molar-refractivity contribution in [2.75, 3.05) is 13.1 Å². The maximum atomic E-state index is 9.52. The highest BCUT2D eigenvalue weighted by molar-refractivity contribution is 5.82. The topological polar surface area (TPSA) is 24.7 Å². The number of quaternary nitrogens is 1. The Morgan fingerprint density at radius 1 is 1.00 bits per heavy atom. The zero-order valence-corrected chi connectivity index (χ0v) is 10.6. The number of nitrogens with one attached hydrogen (secondary N) is 1. The van der Waals surface area contributed by atoms with Gasteiger partial charge in [-0.2, -0.15) is 0 Å². The number of piperidine rings is 1. The van der Waals surface area contributed by atoms with Gasteiger partial charge in [-0.15, -0.1) is 0 Å². The molecule has 0 radical (unpaired) electrons. The van der Waals surface area contributed by atoms with Gasteiger partial charge in [0.2, 0.25) is 0 Å². The summed E-state index contributed by atoms with van der Waals surface area (Å²) < 4.78 is 0. The third-order valence-electron chi connectivity index (χ3n) is 3.93. The predicted molar refractivity (Wildman–Crippen MR) is 73.6 cm³/mol. The van der Waals surface area contributed by atoms with Crippen LogP contribution in [0.25, 0.3) is 10.8 Å². The van der Waals surface area contributed by atoms with Crippen LogP contribution in [0.1, 0.15) is 18.4 Å². The number of likely N-dealkylation sites (tertiary alicyclic amines) is 1. The number of hydrogen-bond donors (Lipinski definition) is 2. The van der Waals surface area contributed by atoms with E-state index in [9.17, 15) is 5.11 Å². The van der Waals surface area contributed by atoms with E-state index in [1.54, 1.807) is 4.90 Å². The minimum Gasteiger partial charge on any atom is -0.393 e. The molecule has 1 aliphatic rings. The lowest BCUT2D eigenvalue weighted by atomic mass is 10.0. The van der Waals surface area contributed by atoms with Gasteiger partial charge >= 0.3 is 0 Å². The van der Waals surface area contributed by atoms with Crippen LogP contribution in [0.3, 0.4) is 0 Å². The molecule has 0 saturated carbocycles. The van der Waals surface area contributed by atoms with Crippen molar-refractivity contribution in [1.82, 2.24) is 0 Å². The Balaban J connectivity index is 1.74. The molecule has 0 spiro atoms. The molecular weight excluding hydrogens is 222 g/mol. The van der Waals surface area contributed by atoms with Gasteiger partial charge in [0.15, 0.2) is 0 Å². The molecule has 0 unspecified atom stereocenters. The van der Waals surface area contributed by atoms with Crippen molar-refractivity contribution in [2.45, 2.75) is 25.5 Å². The predicted octanol–water partition coefficient (Wildman–Crippen LogP) is 1.38. The first-order valence-electron chi connectivity index (χ1n) is 6.80. The van der Waals surface area contributed by atoms with Crippen molar-refractivity contribution in [3.63, 3.8) is 0 Å². The number of hydrogen-bond acceptors (Lipinski definition) is 1. The first-order chi connectivity index (χ1) is 8.81. The Labute approximate surface area is 108 Å². The molecule has 1 aliphatic heterocycles. The Morgan fingerprint density at radius 2 is 1.72 bits per heavy atom. The van der Waals surface area contributed by atoms with Crippen molar-refractivity contribution >= 4 is 10.8 Å². The van der Waals surface area contributed by atoms with Crippen molar-refractivity contribution in [3.8, 4) is 0 Å². The van der Waals surface area contributed by atoms with E-state index in [0.717, 1.165) is 32.5 Å². The Morgan fingerprint density at radius 3 is 2.50 bits per heavy atom. The molecule has 0 bridgehead atoms. The van der Waals surface area contributed by atoms with Gasteiger partial charge in [0.25, 0.3) is 0 Å². The van der Waals surface area contributed by atoms with Crippen LogP contribution in [0.4, 0.5) is 0 Å². The number of aliphatic hydroxyl groups is 1. The third-order valence-corrected chi connectivity index (χ3v) is 3.93. The van der Waals surface area contributed by atoms with E-state index >= 15 is 0 Å². The van der Waals surface area contributed by atoms with Gasteiger partial charge in [-0.05, 0) is 16.8 Å². The van der Waals surface area contributed by atoms with Gasteiger partial charge in [0, 0.05) is 18.4 Å². The number of benzene rings is 2. The SMILES string of the molecule is OC1CC[NH+](Cc2ccc3ccccc3c2)CC1. The average Bonchev–Trinajstić information content (AvgIpc) is 2.41. The molecule has 1 fully saturated rings. The summed E-state index contributed by atoms with van der Waals surface area (Å²) in [5.41, 5.74) is 1.40. The molecule has 2 N–H and O–H groups in total. The highest BCUT2D eigenvalue weighted by Crippen LogP contribution is 2.15. The van der Waals surface area contributed by atoms with Crippen LogP contribution >= 0.6 is 0 Å². The standard InChI is InChI=1S/C16H19NO/c18-16-7-9-17(10-8-16)12-13-5-6-14-3-1-2-4-15(14)11-13/h1-6,11,16,18H,7-10,12H2/p+1. The molecule has 94 valence electrons. The van der Waals surface area contributed by atoms with Crippen LogP contribution in [0.5, 0.6) is 0 Å². The maximum absolute atomic E-state index is 9.52. The first kappa shape index (κ1) is 11.7. The molecule has 0 aromatic heterocycles. The summed E-state index contributed by atoms with van der Waals surface area (Å²) in [5.74, 6) is 0. The molecule has 2 aromatic rings. The fourth-order valence-electron chi connectivity index (χ4n) is 2.83. The average molecular weight is 242 g/mol. The summed E-state index contributed by atoms with van der Waals surface area (Å²) in [6.45, 7) is 3.26. The van der Waals surface area contributed by atoms with E-state index in [2.05, 4.69) is 42.5 Å². The molecular formula is C16H20NO+. The molecule has 1 saturated heterocycles. The van der Waals surface area contributed by atoms with Gasteiger partial charge in [-0.3, -0.25) is 0 Å². The van der Waals surface area contributed by atoms with Gasteiger partial charge < -0.3 is 10.0 Å². The van der Waals surface area contributed by atoms with E-state index in [1.165, 1.54) is 16.3 Å². The number of fused-ring (bicyclic) bond motifs is 1. The minimum atomic E-state index is -0.0645. The summed E-state index contributed by atoms with van der Waals surface area (Å²) in [4.78, 5) is 1.59. The lowest BCUT2D eigenvalue weighted by Crippen LogP contribution is -3.12. The molecule has 0 amide bonds. The number of rotatable bonds is 2. The molecule has 2 aromatic carbocycles. The third kappa shape index (κ3) is 2.55. The highest BCUT2D eigenvalue weighted by Gasteiger charge is 2.19. The second-order valence-electron chi connectivity index (χ2n) is 5.34. The van der Waals surface area contributed by atoms with Crippen LogP contribution in [0.2, 0.25) is 0 Å². The largest absolute Gasteiger partial charge is 0.393 e. The Hall–Kier alpha value is -1.38. The quantitative estimate of drug-likeness (QED) is 0.817. The molecule has 1 heterocycles. The lowest BCUT2D eigenvalue weighted by Gasteiger charge is -2.26. The number of aliphatic hydroxyl groups excluding tert-OH is 1. The van der Waals surface area contributed by atoms with Crippen LogP contribution in [0, 0.1) is 0 Å². The molecule has 2 nitrogen and oxygen atoms in total. The fourth-order valence-corrected chi connectivity index (χ4v) is 2.83. The lowest BCUT2D eigenvalue weighted by molar-refractivity contribution is -0.919. The van der Waals surface area contributed by atoms with Gasteiger partial charge in [-0.1, -0.05) is 36.4 Å². The van der Waals surface area contributed by atoms with Gasteiger partial charge in [0.1, 0.15) is 6.54 Å². The molecule has 0 aliphatic carbocycles. The van der Waals surface area contributed by atoms with E-state index in [0.29, 0.717) is 0 Å². The van der Waals surface area contributed by atoms with Crippen LogP contribution in [0.15, 0.2) is 42.5 Å². The first-order valence-corrected chi connectivity index (χ1v) is 6.80. The summed E-state index contributed by atoms with van der Waals surface area (Å²) >= 11 is 0. The van der Waals surface area contributed by atoms with E-state index in [4.69, 9.17) is 0 Å². The highest BCUT2D eigenvalue weighted by atomic mass is 16.3. The normalized spacial score (nSPS) is 24.3. The summed E-state index contributed by atoms with van der Waals surface area (Å²) in [6, 6.07) is 15.3. The fraction of sp³-hybridized carbons (Fsp3) is 0.375. The second-order valence-corrected chi connectivity index (χ2v) is 5.34. The molecule has 18 heavy (non-hydrogen) atoms. The maximum Gasteiger partial charge on any atom is 0.103 e. The Kier molecular flexibility index (Phi) is 3.31. The van der Waals surface area contributed by atoms with Crippen molar-refractivity contribution in [3.05, 3.63) is 48.0 Å². The molecule has 3 rings (SSSR count). The summed E-state index contributed by atoms with van der Waals surface area (Å²) in [5, 5.41) is 12.2. The van der Waals surface area contributed by atoms with Crippen LogP contribution < -0.4 is 4.90 Å². The van der Waals surface area contributed by atoms with Gasteiger partial charge in [0.05, 0.1) is 19.2 Å².